The van der Waals surface area contributed by atoms with Crippen LogP contribution >= 0.6 is 0 Å². The second kappa shape index (κ2) is 12.4. The Hall–Kier alpha value is -6.84. The van der Waals surface area contributed by atoms with E-state index in [9.17, 15) is 0 Å². The van der Waals surface area contributed by atoms with E-state index in [2.05, 4.69) is 182 Å². The highest BCUT2D eigenvalue weighted by molar-refractivity contribution is 5.92. The number of fused-ring (bicyclic) bond motifs is 6. The van der Waals surface area contributed by atoms with Gasteiger partial charge in [-0.25, -0.2) is 0 Å². The first-order valence-corrected chi connectivity index (χ1v) is 18.1. The summed E-state index contributed by atoms with van der Waals surface area (Å²) < 4.78 is 13.1. The quantitative estimate of drug-likeness (QED) is 0.174. The van der Waals surface area contributed by atoms with Crippen molar-refractivity contribution in [2.75, 3.05) is 4.90 Å². The summed E-state index contributed by atoms with van der Waals surface area (Å²) >= 11 is 0. The minimum Gasteiger partial charge on any atom is -0.449 e. The van der Waals surface area contributed by atoms with Crippen LogP contribution in [0.15, 0.2) is 194 Å². The molecule has 1 heterocycles. The molecule has 3 heteroatoms. The normalized spacial score (nSPS) is 14.9. The minimum absolute atomic E-state index is 0.447. The third-order valence-electron chi connectivity index (χ3n) is 10.8. The molecule has 2 aliphatic rings. The Kier molecular flexibility index (Phi) is 7.26. The van der Waals surface area contributed by atoms with E-state index < -0.39 is 5.41 Å². The van der Waals surface area contributed by atoms with Gasteiger partial charge in [-0.05, 0) is 106 Å². The molecule has 0 N–H and O–H groups in total. The van der Waals surface area contributed by atoms with E-state index in [1.54, 1.807) is 0 Å². The van der Waals surface area contributed by atoms with Crippen molar-refractivity contribution in [2.24, 2.45) is 0 Å². The summed E-state index contributed by atoms with van der Waals surface area (Å²) in [7, 11) is 0. The van der Waals surface area contributed by atoms with Gasteiger partial charge in [-0.1, -0.05) is 140 Å². The first-order chi connectivity index (χ1) is 26.1. The number of hydrogen-bond donors (Lipinski definition) is 0. The predicted octanol–water partition coefficient (Wildman–Crippen LogP) is 13.7. The molecule has 10 rings (SSSR count). The maximum Gasteiger partial charge on any atom is 0.178 e. The van der Waals surface area contributed by atoms with Gasteiger partial charge >= 0.3 is 0 Å². The van der Waals surface area contributed by atoms with E-state index in [4.69, 9.17) is 9.47 Å². The molecular weight excluding hydrogens is 647 g/mol. The van der Waals surface area contributed by atoms with Gasteiger partial charge < -0.3 is 14.4 Å². The van der Waals surface area contributed by atoms with Crippen LogP contribution in [0.4, 0.5) is 17.1 Å². The van der Waals surface area contributed by atoms with E-state index >= 15 is 0 Å². The van der Waals surface area contributed by atoms with Crippen LogP contribution in [0.2, 0.25) is 0 Å². The topological polar surface area (TPSA) is 21.7 Å². The average Bonchev–Trinajstić information content (AvgIpc) is 3.50. The first-order valence-electron chi connectivity index (χ1n) is 18.1. The first kappa shape index (κ1) is 30.9. The monoisotopic (exact) mass is 681 g/mol. The zero-order valence-corrected chi connectivity index (χ0v) is 29.2. The van der Waals surface area contributed by atoms with E-state index in [0.29, 0.717) is 0 Å². The third-order valence-corrected chi connectivity index (χ3v) is 10.8. The van der Waals surface area contributed by atoms with E-state index in [1.165, 1.54) is 38.9 Å². The standard InChI is InChI=1S/C50H35NO2/c1-50(38-17-9-4-10-18-38)43-31-32-47-49(53-46-20-12-11-19-45(46)52-47)48(43)42-30-29-41(33-44(42)50)51(39-25-21-36(22-26-39)34-13-5-2-6-14-34)40-27-23-37(24-28-40)35-15-7-3-8-16-35/h2-33H,1H3. The van der Waals surface area contributed by atoms with E-state index in [0.717, 1.165) is 51.2 Å². The van der Waals surface area contributed by atoms with Gasteiger partial charge in [-0.15, -0.1) is 0 Å². The lowest BCUT2D eigenvalue weighted by Gasteiger charge is -2.31. The average molecular weight is 682 g/mol. The fourth-order valence-electron chi connectivity index (χ4n) is 8.12. The lowest BCUT2D eigenvalue weighted by Crippen LogP contribution is -2.23. The summed E-state index contributed by atoms with van der Waals surface area (Å²) in [6.45, 7) is 2.34. The number of ether oxygens (including phenoxy) is 2. The molecule has 252 valence electrons. The van der Waals surface area contributed by atoms with Gasteiger partial charge in [0.05, 0.1) is 0 Å². The van der Waals surface area contributed by atoms with Gasteiger partial charge in [-0.3, -0.25) is 0 Å². The number of hydrogen-bond acceptors (Lipinski definition) is 3. The van der Waals surface area contributed by atoms with Crippen molar-refractivity contribution in [1.82, 2.24) is 0 Å². The SMILES string of the molecule is CC1(c2ccccc2)c2cc(N(c3ccc(-c4ccccc4)cc3)c3ccc(-c4ccccc4)cc3)ccc2-c2c1ccc1c2Oc2ccccc2O1. The maximum atomic E-state index is 6.68. The van der Waals surface area contributed by atoms with Gasteiger partial charge in [0.2, 0.25) is 0 Å². The van der Waals surface area contributed by atoms with E-state index in [-0.39, 0.29) is 0 Å². The van der Waals surface area contributed by atoms with Crippen LogP contribution in [0.5, 0.6) is 23.0 Å². The van der Waals surface area contributed by atoms with Crippen LogP contribution in [0.25, 0.3) is 33.4 Å². The summed E-state index contributed by atoms with van der Waals surface area (Å²) in [6, 6.07) is 68.7. The molecule has 53 heavy (non-hydrogen) atoms. The highest BCUT2D eigenvalue weighted by Gasteiger charge is 2.44. The molecule has 8 aromatic carbocycles. The summed E-state index contributed by atoms with van der Waals surface area (Å²) in [5.41, 5.74) is 13.4. The zero-order chi connectivity index (χ0) is 35.4. The second-order valence-electron chi connectivity index (χ2n) is 13.8. The van der Waals surface area contributed by atoms with Gasteiger partial charge in [0.25, 0.3) is 0 Å². The Morgan fingerprint density at radius 2 is 0.887 bits per heavy atom. The highest BCUT2D eigenvalue weighted by Crippen LogP contribution is 2.60. The van der Waals surface area contributed by atoms with Crippen molar-refractivity contribution in [3.63, 3.8) is 0 Å². The Morgan fingerprint density at radius 1 is 0.396 bits per heavy atom. The van der Waals surface area contributed by atoms with Crippen molar-refractivity contribution in [3.05, 3.63) is 211 Å². The van der Waals surface area contributed by atoms with Crippen LogP contribution in [0.3, 0.4) is 0 Å². The van der Waals surface area contributed by atoms with Gasteiger partial charge in [0.1, 0.15) is 0 Å². The largest absolute Gasteiger partial charge is 0.449 e. The van der Waals surface area contributed by atoms with Crippen LogP contribution in [-0.4, -0.2) is 0 Å². The highest BCUT2D eigenvalue weighted by atomic mass is 16.6. The third kappa shape index (κ3) is 5.12. The number of benzene rings is 8. The Morgan fingerprint density at radius 3 is 1.47 bits per heavy atom. The minimum atomic E-state index is -0.447. The molecule has 0 fully saturated rings. The molecule has 8 aromatic rings. The summed E-state index contributed by atoms with van der Waals surface area (Å²) in [4.78, 5) is 2.36. The Labute approximate surface area is 310 Å². The molecule has 0 spiro atoms. The van der Waals surface area contributed by atoms with Crippen molar-refractivity contribution < 1.29 is 9.47 Å². The van der Waals surface area contributed by atoms with Crippen LogP contribution in [-0.2, 0) is 5.41 Å². The van der Waals surface area contributed by atoms with Crippen LogP contribution < -0.4 is 14.4 Å². The molecular formula is C50H35NO2. The Bertz CT molecular complexity index is 2520. The second-order valence-corrected chi connectivity index (χ2v) is 13.8. The summed E-state index contributed by atoms with van der Waals surface area (Å²) in [6.07, 6.45) is 0. The summed E-state index contributed by atoms with van der Waals surface area (Å²) in [5, 5.41) is 0. The molecule has 1 aliphatic carbocycles. The molecule has 1 atom stereocenters. The molecule has 0 radical (unpaired) electrons. The smallest absolute Gasteiger partial charge is 0.178 e. The van der Waals surface area contributed by atoms with Gasteiger partial charge in [0.15, 0.2) is 23.0 Å². The van der Waals surface area contributed by atoms with Crippen molar-refractivity contribution in [2.45, 2.75) is 12.3 Å². The number of nitrogens with zero attached hydrogens (tertiary/aromatic N) is 1. The molecule has 1 unspecified atom stereocenters. The van der Waals surface area contributed by atoms with Gasteiger partial charge in [-0.2, -0.15) is 0 Å². The van der Waals surface area contributed by atoms with Crippen molar-refractivity contribution >= 4 is 17.1 Å². The predicted molar refractivity (Wildman–Crippen MR) is 216 cm³/mol. The number of anilines is 3. The molecule has 0 saturated heterocycles. The molecule has 0 saturated carbocycles. The molecule has 0 amide bonds. The molecule has 1 aliphatic heterocycles. The molecule has 0 aromatic heterocycles. The maximum absolute atomic E-state index is 6.68. The van der Waals surface area contributed by atoms with Crippen LogP contribution in [0.1, 0.15) is 23.6 Å². The fraction of sp³-hybridized carbons (Fsp3) is 0.0400. The lowest BCUT2D eigenvalue weighted by atomic mass is 9.74. The zero-order valence-electron chi connectivity index (χ0n) is 29.2. The fourth-order valence-corrected chi connectivity index (χ4v) is 8.12. The lowest BCUT2D eigenvalue weighted by molar-refractivity contribution is 0.360. The van der Waals surface area contributed by atoms with Crippen LogP contribution in [0, 0.1) is 0 Å². The number of rotatable bonds is 6. The summed E-state index contributed by atoms with van der Waals surface area (Å²) in [5.74, 6) is 2.95. The van der Waals surface area contributed by atoms with E-state index in [1.807, 2.05) is 24.3 Å². The molecule has 3 nitrogen and oxygen atoms in total. The van der Waals surface area contributed by atoms with Crippen molar-refractivity contribution in [3.8, 4) is 56.4 Å². The van der Waals surface area contributed by atoms with Crippen molar-refractivity contribution in [1.29, 1.82) is 0 Å². The van der Waals surface area contributed by atoms with Gasteiger partial charge in [0, 0.05) is 28.0 Å². The molecule has 0 bridgehead atoms. The number of para-hydroxylation sites is 2. The Balaban J connectivity index is 1.15.